The van der Waals surface area contributed by atoms with E-state index in [2.05, 4.69) is 10.2 Å². The highest BCUT2D eigenvalue weighted by Crippen LogP contribution is 2.30. The molecule has 3 rings (SSSR count). The fourth-order valence-electron chi connectivity index (χ4n) is 2.99. The molecule has 0 saturated carbocycles. The molecule has 1 heterocycles. The second-order valence-electron chi connectivity index (χ2n) is 7.35. The summed E-state index contributed by atoms with van der Waals surface area (Å²) in [4.78, 5) is 28.2. The molecule has 166 valence electrons. The molecule has 2 aromatic rings. The van der Waals surface area contributed by atoms with E-state index < -0.39 is 5.25 Å². The van der Waals surface area contributed by atoms with E-state index in [1.165, 1.54) is 0 Å². The maximum Gasteiger partial charge on any atom is 0.247 e. The molecule has 2 amide bonds. The number of amidine groups is 1. The predicted octanol–water partition coefficient (Wildman–Crippen LogP) is 4.18. The Hall–Kier alpha value is -3.10. The van der Waals surface area contributed by atoms with Crippen LogP contribution in [-0.2, 0) is 9.59 Å². The molecule has 1 aliphatic heterocycles. The molecule has 9 heteroatoms. The van der Waals surface area contributed by atoms with Gasteiger partial charge in [-0.2, -0.15) is 5.10 Å². The number of thioether (sulfide) groups is 1. The number of hydrogen-bond acceptors (Lipinski definition) is 6. The molecule has 1 saturated heterocycles. The van der Waals surface area contributed by atoms with Gasteiger partial charge in [-0.3, -0.25) is 9.59 Å². The molecular weight excluding hydrogens is 446 g/mol. The van der Waals surface area contributed by atoms with Crippen molar-refractivity contribution < 1.29 is 9.59 Å². The Morgan fingerprint density at radius 2 is 1.78 bits per heavy atom. The highest BCUT2D eigenvalue weighted by Gasteiger charge is 2.40. The number of carbonyl (C=O) groups is 2. The van der Waals surface area contributed by atoms with Crippen LogP contribution in [0.1, 0.15) is 18.9 Å². The molecule has 7 nitrogen and oxygen atoms in total. The van der Waals surface area contributed by atoms with Crippen molar-refractivity contribution in [3.8, 4) is 0 Å². The summed E-state index contributed by atoms with van der Waals surface area (Å²) in [6.45, 7) is 1.80. The van der Waals surface area contributed by atoms with Crippen LogP contribution in [0.2, 0.25) is 5.02 Å². The van der Waals surface area contributed by atoms with Crippen LogP contribution in [0.15, 0.2) is 64.8 Å². The lowest BCUT2D eigenvalue weighted by atomic mass is 10.2. The van der Waals surface area contributed by atoms with Gasteiger partial charge >= 0.3 is 0 Å². The standard InChI is InChI=1S/C23H24ClN5O2S/c1-15(4-5-16-6-10-18(11-7-16)28(2)3)26-27-23(25)32-20-14-21(30)29(22(20)31)19-12-8-17(24)9-13-19/h4-13,20H,14H2,1-3H3,(H2,25,27). The van der Waals surface area contributed by atoms with Gasteiger partial charge in [0.1, 0.15) is 5.25 Å². The molecule has 32 heavy (non-hydrogen) atoms. The highest BCUT2D eigenvalue weighted by molar-refractivity contribution is 8.14. The van der Waals surface area contributed by atoms with E-state index in [1.807, 2.05) is 55.4 Å². The number of benzene rings is 2. The SMILES string of the molecule is CC(C=Cc1ccc(N(C)C)cc1)=NN=C(N)SC1CC(=O)N(c2ccc(Cl)cc2)C1=O. The first-order valence-electron chi connectivity index (χ1n) is 9.87. The summed E-state index contributed by atoms with van der Waals surface area (Å²) in [7, 11) is 3.98. The van der Waals surface area contributed by atoms with Gasteiger partial charge in [0.25, 0.3) is 0 Å². The average Bonchev–Trinajstić information content (AvgIpc) is 3.04. The van der Waals surface area contributed by atoms with Crippen LogP contribution in [0.25, 0.3) is 6.08 Å². The third-order valence-electron chi connectivity index (χ3n) is 4.69. The molecular formula is C23H24ClN5O2S. The van der Waals surface area contributed by atoms with Crippen LogP contribution in [0.4, 0.5) is 11.4 Å². The summed E-state index contributed by atoms with van der Waals surface area (Å²) in [5, 5.41) is 8.11. The van der Waals surface area contributed by atoms with Crippen molar-refractivity contribution in [3.05, 3.63) is 65.2 Å². The van der Waals surface area contributed by atoms with Gasteiger partial charge in [-0.05, 0) is 55.0 Å². The van der Waals surface area contributed by atoms with Gasteiger partial charge in [-0.1, -0.05) is 41.6 Å². The van der Waals surface area contributed by atoms with E-state index in [9.17, 15) is 9.59 Å². The number of anilines is 2. The van der Waals surface area contributed by atoms with Crippen molar-refractivity contribution in [2.45, 2.75) is 18.6 Å². The van der Waals surface area contributed by atoms with Crippen molar-refractivity contribution in [2.24, 2.45) is 15.9 Å². The average molecular weight is 470 g/mol. The minimum absolute atomic E-state index is 0.0495. The van der Waals surface area contributed by atoms with Crippen molar-refractivity contribution >= 4 is 63.5 Å². The van der Waals surface area contributed by atoms with E-state index >= 15 is 0 Å². The van der Waals surface area contributed by atoms with Crippen LogP contribution in [0.5, 0.6) is 0 Å². The maximum absolute atomic E-state index is 12.7. The summed E-state index contributed by atoms with van der Waals surface area (Å²) in [5.41, 5.74) is 9.24. The number of imide groups is 1. The Labute approximate surface area is 196 Å². The molecule has 2 N–H and O–H groups in total. The highest BCUT2D eigenvalue weighted by atomic mass is 35.5. The van der Waals surface area contributed by atoms with E-state index in [0.717, 1.165) is 27.9 Å². The summed E-state index contributed by atoms with van der Waals surface area (Å²) >= 11 is 6.92. The third kappa shape index (κ3) is 5.99. The number of hydrogen-bond donors (Lipinski definition) is 1. The molecule has 0 aliphatic carbocycles. The maximum atomic E-state index is 12.7. The second-order valence-corrected chi connectivity index (χ2v) is 9.01. The number of nitrogens with two attached hydrogens (primary N) is 1. The Bertz CT molecular complexity index is 1080. The molecule has 0 aromatic heterocycles. The van der Waals surface area contributed by atoms with Gasteiger partial charge in [-0.25, -0.2) is 4.90 Å². The van der Waals surface area contributed by atoms with E-state index in [-0.39, 0.29) is 23.4 Å². The predicted molar refractivity (Wildman–Crippen MR) is 134 cm³/mol. The van der Waals surface area contributed by atoms with Crippen LogP contribution in [0.3, 0.4) is 0 Å². The van der Waals surface area contributed by atoms with Gasteiger partial charge < -0.3 is 10.6 Å². The molecule has 0 bridgehead atoms. The van der Waals surface area contributed by atoms with E-state index in [4.69, 9.17) is 17.3 Å². The van der Waals surface area contributed by atoms with Gasteiger partial charge in [0.2, 0.25) is 11.8 Å². The molecule has 0 radical (unpaired) electrons. The zero-order valence-corrected chi connectivity index (χ0v) is 19.6. The van der Waals surface area contributed by atoms with Crippen LogP contribution in [-0.4, -0.2) is 42.0 Å². The Kier molecular flexibility index (Phi) is 7.71. The lowest BCUT2D eigenvalue weighted by molar-refractivity contribution is -0.121. The lowest BCUT2D eigenvalue weighted by Gasteiger charge is -2.14. The zero-order chi connectivity index (χ0) is 23.3. The molecule has 1 aliphatic rings. The van der Waals surface area contributed by atoms with Crippen molar-refractivity contribution in [3.63, 3.8) is 0 Å². The normalized spacial score (nSPS) is 17.5. The minimum Gasteiger partial charge on any atom is -0.378 e. The first kappa shape index (κ1) is 23.6. The van der Waals surface area contributed by atoms with Crippen LogP contribution in [0, 0.1) is 0 Å². The molecule has 2 aromatic carbocycles. The van der Waals surface area contributed by atoms with Gasteiger partial charge in [0, 0.05) is 31.2 Å². The third-order valence-corrected chi connectivity index (χ3v) is 5.91. The topological polar surface area (TPSA) is 91.4 Å². The van der Waals surface area contributed by atoms with Crippen LogP contribution >= 0.6 is 23.4 Å². The number of rotatable bonds is 6. The smallest absolute Gasteiger partial charge is 0.247 e. The number of amides is 2. The Morgan fingerprint density at radius 1 is 1.12 bits per heavy atom. The van der Waals surface area contributed by atoms with Gasteiger partial charge in [0.15, 0.2) is 5.17 Å². The van der Waals surface area contributed by atoms with Gasteiger partial charge in [-0.15, -0.1) is 5.10 Å². The largest absolute Gasteiger partial charge is 0.378 e. The van der Waals surface area contributed by atoms with E-state index in [0.29, 0.717) is 16.4 Å². The summed E-state index contributed by atoms with van der Waals surface area (Å²) in [6.07, 6.45) is 3.81. The summed E-state index contributed by atoms with van der Waals surface area (Å²) < 4.78 is 0. The first-order chi connectivity index (χ1) is 15.2. The van der Waals surface area contributed by atoms with Crippen molar-refractivity contribution in [2.75, 3.05) is 23.9 Å². The monoisotopic (exact) mass is 469 g/mol. The van der Waals surface area contributed by atoms with Crippen LogP contribution < -0.4 is 15.5 Å². The molecule has 1 atom stereocenters. The fraction of sp³-hybridized carbons (Fsp3) is 0.217. The summed E-state index contributed by atoms with van der Waals surface area (Å²) in [6, 6.07) is 14.6. The molecule has 1 unspecified atom stereocenters. The number of halogens is 1. The molecule has 1 fully saturated rings. The number of carbonyl (C=O) groups excluding carboxylic acids is 2. The first-order valence-corrected chi connectivity index (χ1v) is 11.1. The Balaban J connectivity index is 1.61. The zero-order valence-electron chi connectivity index (χ0n) is 18.0. The fourth-order valence-corrected chi connectivity index (χ4v) is 3.93. The number of allylic oxidation sites excluding steroid dienone is 1. The quantitative estimate of drug-likeness (QED) is 0.296. The molecule has 0 spiro atoms. The lowest BCUT2D eigenvalue weighted by Crippen LogP contribution is -2.31. The van der Waals surface area contributed by atoms with Gasteiger partial charge in [0.05, 0.1) is 11.4 Å². The van der Waals surface area contributed by atoms with Crippen molar-refractivity contribution in [1.82, 2.24) is 0 Å². The minimum atomic E-state index is -0.636. The van der Waals surface area contributed by atoms with E-state index in [1.54, 1.807) is 31.2 Å². The summed E-state index contributed by atoms with van der Waals surface area (Å²) in [5.74, 6) is -0.618. The number of nitrogens with zero attached hydrogens (tertiary/aromatic N) is 4. The second kappa shape index (κ2) is 10.5. The van der Waals surface area contributed by atoms with Crippen molar-refractivity contribution in [1.29, 1.82) is 0 Å². The Morgan fingerprint density at radius 3 is 2.41 bits per heavy atom.